The first-order chi connectivity index (χ1) is 22.8. The second-order valence-corrected chi connectivity index (χ2v) is 15.7. The molecule has 258 valence electrons. The zero-order valence-electron chi connectivity index (χ0n) is 29.6. The van der Waals surface area contributed by atoms with Crippen LogP contribution in [0, 0.1) is 18.3 Å². The van der Waals surface area contributed by atoms with E-state index in [9.17, 15) is 14.7 Å². The van der Waals surface area contributed by atoms with E-state index >= 15 is 0 Å². The highest BCUT2D eigenvalue weighted by atomic mass is 16.5. The lowest BCUT2D eigenvalue weighted by Gasteiger charge is -2.55. The van der Waals surface area contributed by atoms with E-state index in [2.05, 4.69) is 61.6 Å². The molecule has 4 saturated carbocycles. The molecule has 2 amide bonds. The largest absolute Gasteiger partial charge is 0.496 e. The summed E-state index contributed by atoms with van der Waals surface area (Å²) in [6.45, 7) is 10.0. The van der Waals surface area contributed by atoms with E-state index in [0.717, 1.165) is 55.4 Å². The van der Waals surface area contributed by atoms with Gasteiger partial charge in [-0.2, -0.15) is 5.10 Å². The van der Waals surface area contributed by atoms with Gasteiger partial charge in [0.1, 0.15) is 17.2 Å². The Labute approximate surface area is 285 Å². The molecule has 2 aromatic heterocycles. The number of hydrogen-bond donors (Lipinski definition) is 2. The Hall–Kier alpha value is -3.72. The van der Waals surface area contributed by atoms with E-state index in [1.54, 1.807) is 7.11 Å². The maximum Gasteiger partial charge on any atom is 0.251 e. The number of nitrogens with one attached hydrogen (secondary N) is 1. The number of pyridine rings is 1. The van der Waals surface area contributed by atoms with Crippen LogP contribution in [0.25, 0.3) is 11.1 Å². The molecule has 0 unspecified atom stereocenters. The van der Waals surface area contributed by atoms with Gasteiger partial charge in [0.15, 0.2) is 0 Å². The van der Waals surface area contributed by atoms with Crippen LogP contribution in [-0.2, 0) is 15.0 Å². The second-order valence-electron chi connectivity index (χ2n) is 15.7. The minimum absolute atomic E-state index is 0.0367. The third-order valence-electron chi connectivity index (χ3n) is 11.6. The highest BCUT2D eigenvalue weighted by Crippen LogP contribution is 2.58. The third-order valence-corrected chi connectivity index (χ3v) is 11.6. The van der Waals surface area contributed by atoms with Gasteiger partial charge in [-0.25, -0.2) is 4.98 Å². The summed E-state index contributed by atoms with van der Waals surface area (Å²) in [5, 5.41) is 17.7. The van der Waals surface area contributed by atoms with E-state index in [1.165, 1.54) is 25.0 Å². The van der Waals surface area contributed by atoms with Crippen LogP contribution < -0.4 is 15.0 Å². The number of rotatable bonds is 10. The summed E-state index contributed by atoms with van der Waals surface area (Å²) in [5.41, 5.74) is 3.44. The average molecular weight is 656 g/mol. The molecule has 9 nitrogen and oxygen atoms in total. The molecule has 2 N–H and O–H groups in total. The molecule has 0 saturated heterocycles. The topological polar surface area (TPSA) is 110 Å². The number of benzene rings is 1. The molecule has 4 fully saturated rings. The maximum atomic E-state index is 14.6. The molecule has 0 aliphatic heterocycles. The molecule has 2 bridgehead atoms. The van der Waals surface area contributed by atoms with Crippen molar-refractivity contribution in [2.75, 3.05) is 18.6 Å². The summed E-state index contributed by atoms with van der Waals surface area (Å²) in [4.78, 5) is 33.8. The Morgan fingerprint density at radius 2 is 1.73 bits per heavy atom. The molecule has 0 atom stereocenters. The molecule has 7 rings (SSSR count). The molecular weight excluding hydrogens is 602 g/mol. The Morgan fingerprint density at radius 3 is 2.31 bits per heavy atom. The van der Waals surface area contributed by atoms with E-state index in [4.69, 9.17) is 9.72 Å². The molecular formula is C39H53N5O4. The van der Waals surface area contributed by atoms with Crippen molar-refractivity contribution in [3.63, 3.8) is 0 Å². The summed E-state index contributed by atoms with van der Waals surface area (Å²) in [6.07, 6.45) is 15.2. The van der Waals surface area contributed by atoms with Gasteiger partial charge in [-0.15, -0.1) is 0 Å². The zero-order chi connectivity index (χ0) is 34.3. The summed E-state index contributed by atoms with van der Waals surface area (Å²) < 4.78 is 7.50. The van der Waals surface area contributed by atoms with Crippen LogP contribution in [0.4, 0.5) is 5.82 Å². The van der Waals surface area contributed by atoms with E-state index in [-0.39, 0.29) is 40.6 Å². The molecule has 4 aliphatic carbocycles. The van der Waals surface area contributed by atoms with Gasteiger partial charge in [0.05, 0.1) is 13.3 Å². The van der Waals surface area contributed by atoms with Gasteiger partial charge in [0, 0.05) is 42.5 Å². The lowest BCUT2D eigenvalue weighted by molar-refractivity contribution is -0.137. The normalized spacial score (nSPS) is 25.6. The fourth-order valence-corrected chi connectivity index (χ4v) is 8.33. The summed E-state index contributed by atoms with van der Waals surface area (Å²) in [7, 11) is 1.73. The van der Waals surface area contributed by atoms with Crippen LogP contribution in [0.3, 0.4) is 0 Å². The van der Waals surface area contributed by atoms with Gasteiger partial charge in [0.25, 0.3) is 5.91 Å². The van der Waals surface area contributed by atoms with Gasteiger partial charge < -0.3 is 15.2 Å². The molecule has 0 spiro atoms. The second kappa shape index (κ2) is 13.3. The summed E-state index contributed by atoms with van der Waals surface area (Å²) in [6, 6.07) is 11.0. The van der Waals surface area contributed by atoms with Crippen molar-refractivity contribution in [3.8, 4) is 16.9 Å². The van der Waals surface area contributed by atoms with Gasteiger partial charge in [-0.1, -0.05) is 12.1 Å². The first-order valence-electron chi connectivity index (χ1n) is 17.8. The van der Waals surface area contributed by atoms with Gasteiger partial charge in [-0.3, -0.25) is 19.2 Å². The number of aryl methyl sites for hydroxylation is 1. The number of methoxy groups -OCH3 is 1. The van der Waals surface area contributed by atoms with Gasteiger partial charge in [0.2, 0.25) is 5.91 Å². The molecule has 3 aromatic rings. The maximum absolute atomic E-state index is 14.6. The van der Waals surface area contributed by atoms with Gasteiger partial charge in [-0.05, 0) is 145 Å². The number of fused-ring (bicyclic) bond motifs is 3. The molecule has 48 heavy (non-hydrogen) atoms. The number of carbonyl (C=O) groups is 2. The Bertz CT molecular complexity index is 1610. The number of amides is 2. The molecule has 1 aromatic carbocycles. The lowest BCUT2D eigenvalue weighted by atomic mass is 9.51. The Morgan fingerprint density at radius 1 is 1.04 bits per heavy atom. The highest BCUT2D eigenvalue weighted by molar-refractivity contribution is 5.95. The van der Waals surface area contributed by atoms with Crippen LogP contribution in [0.15, 0.2) is 48.9 Å². The van der Waals surface area contributed by atoms with E-state index in [1.807, 2.05) is 28.0 Å². The monoisotopic (exact) mass is 655 g/mol. The summed E-state index contributed by atoms with van der Waals surface area (Å²) >= 11 is 0. The van der Waals surface area contributed by atoms with Crippen molar-refractivity contribution < 1.29 is 19.4 Å². The Balaban J connectivity index is 1.23. The number of ether oxygens (including phenoxy) is 1. The minimum atomic E-state index is -1.42. The standard InChI is InChI=1S/C39H53N5O4/c1-26(2)44-24-30(23-41-44)29-13-20-40-34(22-29)43(35(45)28-7-10-32(11-8-28)42-36(46)37(4,5)47)25-38-14-17-39(18-15-38,19-16-38)31-9-12-33(48-6)27(3)21-31/h9,12-13,20-24,26,28,32,47H,7-8,10-11,14-19,25H2,1-6H3,(H,42,46). The SMILES string of the molecule is COc1ccc(C23CCC(CN(C(=O)C4CCC(NC(=O)C(C)(C)O)CC4)c4cc(-c5cnn(C(C)C)c5)ccn4)(CC2)CC3)cc1C. The fourth-order valence-electron chi connectivity index (χ4n) is 8.33. The fraction of sp³-hybridized carbons (Fsp3) is 0.590. The number of carbonyl (C=O) groups excluding carboxylic acids is 2. The van der Waals surface area contributed by atoms with E-state index in [0.29, 0.717) is 38.0 Å². The van der Waals surface area contributed by atoms with Crippen LogP contribution in [0.2, 0.25) is 0 Å². The number of hydrogen-bond acceptors (Lipinski definition) is 6. The summed E-state index contributed by atoms with van der Waals surface area (Å²) in [5.74, 6) is 1.27. The molecule has 4 aliphatic rings. The average Bonchev–Trinajstić information content (AvgIpc) is 3.59. The predicted molar refractivity (Wildman–Crippen MR) is 188 cm³/mol. The van der Waals surface area contributed by atoms with Crippen molar-refractivity contribution >= 4 is 17.6 Å². The third kappa shape index (κ3) is 6.89. The van der Waals surface area contributed by atoms with Gasteiger partial charge >= 0.3 is 0 Å². The number of nitrogens with zero attached hydrogens (tertiary/aromatic N) is 4. The first kappa shape index (κ1) is 34.2. The van der Waals surface area contributed by atoms with Crippen LogP contribution in [0.5, 0.6) is 5.75 Å². The minimum Gasteiger partial charge on any atom is -0.496 e. The van der Waals surface area contributed by atoms with Crippen molar-refractivity contribution in [1.29, 1.82) is 0 Å². The molecule has 0 radical (unpaired) electrons. The van der Waals surface area contributed by atoms with Crippen LogP contribution in [0.1, 0.15) is 109 Å². The van der Waals surface area contributed by atoms with E-state index < -0.39 is 5.60 Å². The van der Waals surface area contributed by atoms with Crippen LogP contribution >= 0.6 is 0 Å². The van der Waals surface area contributed by atoms with Crippen LogP contribution in [-0.4, -0.2) is 57.0 Å². The molecule has 2 heterocycles. The smallest absolute Gasteiger partial charge is 0.251 e. The van der Waals surface area contributed by atoms with Crippen molar-refractivity contribution in [1.82, 2.24) is 20.1 Å². The first-order valence-corrected chi connectivity index (χ1v) is 17.8. The lowest BCUT2D eigenvalue weighted by Crippen LogP contribution is -2.52. The zero-order valence-corrected chi connectivity index (χ0v) is 29.6. The van der Waals surface area contributed by atoms with Crippen molar-refractivity contribution in [2.24, 2.45) is 11.3 Å². The quantitative estimate of drug-likeness (QED) is 0.246. The number of aliphatic hydroxyl groups is 1. The molecule has 9 heteroatoms. The van der Waals surface area contributed by atoms with Crippen molar-refractivity contribution in [2.45, 2.75) is 122 Å². The van der Waals surface area contributed by atoms with Crippen molar-refractivity contribution in [3.05, 3.63) is 60.0 Å². The number of anilines is 1. The highest BCUT2D eigenvalue weighted by Gasteiger charge is 2.51. The predicted octanol–water partition coefficient (Wildman–Crippen LogP) is 6.91. The number of aromatic nitrogens is 3. The Kier molecular flexibility index (Phi) is 9.46.